The standard InChI is InChI=1S/C11H9NO3/c1-6-3-2-4-8-9(6)7(5-12-8)10(13)11(14)15/h2-5,12H,1H3,(H,14,15). The molecule has 2 rings (SSSR count). The number of aryl methyl sites for hydroxylation is 1. The maximum Gasteiger partial charge on any atom is 0.377 e. The van der Waals surface area contributed by atoms with Crippen LogP contribution < -0.4 is 0 Å². The Kier molecular flexibility index (Phi) is 2.04. The summed E-state index contributed by atoms with van der Waals surface area (Å²) < 4.78 is 0. The van der Waals surface area contributed by atoms with E-state index < -0.39 is 11.8 Å². The monoisotopic (exact) mass is 203 g/mol. The van der Waals surface area contributed by atoms with Crippen molar-refractivity contribution in [2.45, 2.75) is 6.92 Å². The summed E-state index contributed by atoms with van der Waals surface area (Å²) in [5.74, 6) is -2.31. The lowest BCUT2D eigenvalue weighted by atomic mass is 10.1. The number of fused-ring (bicyclic) bond motifs is 1. The lowest BCUT2D eigenvalue weighted by molar-refractivity contribution is -0.131. The quantitative estimate of drug-likeness (QED) is 0.577. The smallest absolute Gasteiger partial charge is 0.377 e. The molecule has 0 saturated carbocycles. The predicted octanol–water partition coefficient (Wildman–Crippen LogP) is 1.74. The molecule has 1 heterocycles. The van der Waals surface area contributed by atoms with Gasteiger partial charge in [-0.15, -0.1) is 0 Å². The minimum atomic E-state index is -1.43. The molecule has 0 aliphatic carbocycles. The molecule has 0 radical (unpaired) electrons. The third-order valence-electron chi connectivity index (χ3n) is 2.35. The number of carbonyl (C=O) groups excluding carboxylic acids is 1. The Morgan fingerprint density at radius 2 is 2.07 bits per heavy atom. The second-order valence-corrected chi connectivity index (χ2v) is 3.33. The van der Waals surface area contributed by atoms with Gasteiger partial charge in [-0.3, -0.25) is 4.79 Å². The average Bonchev–Trinajstić information content (AvgIpc) is 2.61. The van der Waals surface area contributed by atoms with Crippen LogP contribution in [0.5, 0.6) is 0 Å². The van der Waals surface area contributed by atoms with E-state index in [1.165, 1.54) is 6.20 Å². The zero-order valence-corrected chi connectivity index (χ0v) is 8.07. The molecule has 0 aliphatic rings. The van der Waals surface area contributed by atoms with Crippen molar-refractivity contribution in [3.63, 3.8) is 0 Å². The normalized spacial score (nSPS) is 10.5. The van der Waals surface area contributed by atoms with Gasteiger partial charge in [0.25, 0.3) is 5.78 Å². The first kappa shape index (κ1) is 9.45. The number of ketones is 1. The van der Waals surface area contributed by atoms with Crippen molar-refractivity contribution in [1.82, 2.24) is 4.98 Å². The van der Waals surface area contributed by atoms with Crippen molar-refractivity contribution in [3.05, 3.63) is 35.5 Å². The van der Waals surface area contributed by atoms with Crippen LogP contribution in [0.3, 0.4) is 0 Å². The molecule has 0 aliphatic heterocycles. The lowest BCUT2D eigenvalue weighted by Gasteiger charge is -1.97. The topological polar surface area (TPSA) is 70.2 Å². The summed E-state index contributed by atoms with van der Waals surface area (Å²) in [7, 11) is 0. The minimum Gasteiger partial charge on any atom is -0.475 e. The van der Waals surface area contributed by atoms with E-state index in [4.69, 9.17) is 5.11 Å². The van der Waals surface area contributed by atoms with E-state index in [0.29, 0.717) is 5.39 Å². The van der Waals surface area contributed by atoms with E-state index in [1.54, 1.807) is 6.07 Å². The van der Waals surface area contributed by atoms with E-state index >= 15 is 0 Å². The maximum absolute atomic E-state index is 11.4. The molecule has 2 aromatic rings. The fourth-order valence-corrected chi connectivity index (χ4v) is 1.66. The fraction of sp³-hybridized carbons (Fsp3) is 0.0909. The highest BCUT2D eigenvalue weighted by Gasteiger charge is 2.19. The van der Waals surface area contributed by atoms with Crippen LogP contribution in [0.2, 0.25) is 0 Å². The number of H-pyrrole nitrogens is 1. The molecule has 76 valence electrons. The van der Waals surface area contributed by atoms with Crippen LogP contribution in [-0.4, -0.2) is 21.8 Å². The number of carboxylic acid groups (broad SMARTS) is 1. The molecule has 0 saturated heterocycles. The summed E-state index contributed by atoms with van der Waals surface area (Å²) in [5.41, 5.74) is 1.88. The molecular weight excluding hydrogens is 194 g/mol. The number of rotatable bonds is 2. The molecule has 4 nitrogen and oxygen atoms in total. The van der Waals surface area contributed by atoms with Crippen LogP contribution in [0.25, 0.3) is 10.9 Å². The number of aromatic nitrogens is 1. The Bertz CT molecular complexity index is 554. The summed E-state index contributed by atoms with van der Waals surface area (Å²) in [6.45, 7) is 1.84. The van der Waals surface area contributed by atoms with Crippen LogP contribution >= 0.6 is 0 Å². The van der Waals surface area contributed by atoms with Crippen molar-refractivity contribution >= 4 is 22.7 Å². The van der Waals surface area contributed by atoms with E-state index in [2.05, 4.69) is 4.98 Å². The first-order chi connectivity index (χ1) is 7.11. The highest BCUT2D eigenvalue weighted by Crippen LogP contribution is 2.22. The Balaban J connectivity index is 2.73. The zero-order chi connectivity index (χ0) is 11.0. The van der Waals surface area contributed by atoms with Crippen LogP contribution in [-0.2, 0) is 4.79 Å². The summed E-state index contributed by atoms with van der Waals surface area (Å²) in [6.07, 6.45) is 1.44. The molecule has 1 aromatic carbocycles. The summed E-state index contributed by atoms with van der Waals surface area (Å²) >= 11 is 0. The number of hydrogen-bond acceptors (Lipinski definition) is 2. The second kappa shape index (κ2) is 3.24. The van der Waals surface area contributed by atoms with Gasteiger partial charge in [0.2, 0.25) is 0 Å². The summed E-state index contributed by atoms with van der Waals surface area (Å²) in [5, 5.41) is 9.33. The number of carbonyl (C=O) groups is 2. The Hall–Kier alpha value is -2.10. The summed E-state index contributed by atoms with van der Waals surface area (Å²) in [6, 6.07) is 5.50. The van der Waals surface area contributed by atoms with Gasteiger partial charge < -0.3 is 10.1 Å². The molecule has 0 bridgehead atoms. The zero-order valence-electron chi connectivity index (χ0n) is 8.07. The van der Waals surface area contributed by atoms with Crippen molar-refractivity contribution < 1.29 is 14.7 Å². The van der Waals surface area contributed by atoms with Gasteiger partial charge in [-0.2, -0.15) is 0 Å². The minimum absolute atomic E-state index is 0.218. The third kappa shape index (κ3) is 1.40. The number of Topliss-reactive ketones (excluding diaryl/α,β-unsaturated/α-hetero) is 1. The van der Waals surface area contributed by atoms with Gasteiger partial charge in [-0.1, -0.05) is 12.1 Å². The predicted molar refractivity (Wildman–Crippen MR) is 55.0 cm³/mol. The molecule has 0 atom stereocenters. The largest absolute Gasteiger partial charge is 0.475 e. The van der Waals surface area contributed by atoms with Gasteiger partial charge in [0.05, 0.1) is 5.56 Å². The molecule has 0 unspecified atom stereocenters. The average molecular weight is 203 g/mol. The molecule has 0 fully saturated rings. The molecule has 1 aromatic heterocycles. The van der Waals surface area contributed by atoms with Gasteiger partial charge >= 0.3 is 5.97 Å². The number of hydrogen-bond donors (Lipinski definition) is 2. The van der Waals surface area contributed by atoms with Crippen molar-refractivity contribution in [3.8, 4) is 0 Å². The summed E-state index contributed by atoms with van der Waals surface area (Å²) in [4.78, 5) is 24.8. The van der Waals surface area contributed by atoms with Crippen molar-refractivity contribution in [1.29, 1.82) is 0 Å². The Labute approximate surface area is 85.5 Å². The number of benzene rings is 1. The molecule has 0 spiro atoms. The highest BCUT2D eigenvalue weighted by molar-refractivity contribution is 6.42. The SMILES string of the molecule is Cc1cccc2[nH]cc(C(=O)C(=O)O)c12. The Morgan fingerprint density at radius 3 is 2.73 bits per heavy atom. The maximum atomic E-state index is 11.4. The van der Waals surface area contributed by atoms with E-state index in [-0.39, 0.29) is 5.56 Å². The van der Waals surface area contributed by atoms with Crippen LogP contribution in [0.1, 0.15) is 15.9 Å². The lowest BCUT2D eigenvalue weighted by Crippen LogP contribution is -2.12. The van der Waals surface area contributed by atoms with E-state index in [1.807, 2.05) is 19.1 Å². The van der Waals surface area contributed by atoms with Crippen LogP contribution in [0.4, 0.5) is 0 Å². The van der Waals surface area contributed by atoms with E-state index in [9.17, 15) is 9.59 Å². The number of aromatic amines is 1. The van der Waals surface area contributed by atoms with E-state index in [0.717, 1.165) is 11.1 Å². The van der Waals surface area contributed by atoms with Crippen LogP contribution in [0.15, 0.2) is 24.4 Å². The molecule has 4 heteroatoms. The first-order valence-corrected chi connectivity index (χ1v) is 4.45. The van der Waals surface area contributed by atoms with Gasteiger partial charge in [-0.25, -0.2) is 4.79 Å². The third-order valence-corrected chi connectivity index (χ3v) is 2.35. The number of carboxylic acids is 1. The van der Waals surface area contributed by atoms with Crippen LogP contribution in [0, 0.1) is 6.92 Å². The highest BCUT2D eigenvalue weighted by atomic mass is 16.4. The molecule has 2 N–H and O–H groups in total. The molecule has 0 amide bonds. The molecular formula is C11H9NO3. The molecule has 15 heavy (non-hydrogen) atoms. The van der Waals surface area contributed by atoms with Crippen molar-refractivity contribution in [2.24, 2.45) is 0 Å². The van der Waals surface area contributed by atoms with Gasteiger partial charge in [0, 0.05) is 17.1 Å². The fourth-order valence-electron chi connectivity index (χ4n) is 1.66. The van der Waals surface area contributed by atoms with Gasteiger partial charge in [-0.05, 0) is 18.6 Å². The first-order valence-electron chi connectivity index (χ1n) is 4.45. The van der Waals surface area contributed by atoms with Crippen molar-refractivity contribution in [2.75, 3.05) is 0 Å². The second-order valence-electron chi connectivity index (χ2n) is 3.33. The number of aliphatic carboxylic acids is 1. The Morgan fingerprint density at radius 1 is 1.33 bits per heavy atom. The van der Waals surface area contributed by atoms with Gasteiger partial charge in [0.1, 0.15) is 0 Å². The number of nitrogens with one attached hydrogen (secondary N) is 1. The van der Waals surface area contributed by atoms with Gasteiger partial charge in [0.15, 0.2) is 0 Å².